The molecule has 1 aromatic carbocycles. The number of rotatable bonds is 6. The van der Waals surface area contributed by atoms with Gasteiger partial charge in [0, 0.05) is 13.3 Å². The Bertz CT molecular complexity index is 364. The average molecular weight is 219 g/mol. The molecule has 1 unspecified atom stereocenters. The van der Waals surface area contributed by atoms with Crippen LogP contribution in [0.15, 0.2) is 29.3 Å². The molecule has 0 spiro atoms. The quantitative estimate of drug-likeness (QED) is 0.686. The Hall–Kier alpha value is -1.19. The van der Waals surface area contributed by atoms with E-state index in [0.717, 1.165) is 0 Å². The van der Waals surface area contributed by atoms with Gasteiger partial charge in [0.2, 0.25) is 0 Å². The molecule has 0 saturated heterocycles. The van der Waals surface area contributed by atoms with Crippen molar-refractivity contribution in [2.45, 2.75) is 19.1 Å². The Morgan fingerprint density at radius 1 is 1.19 bits per heavy atom. The van der Waals surface area contributed by atoms with E-state index in [4.69, 9.17) is 9.47 Å². The summed E-state index contributed by atoms with van der Waals surface area (Å²) in [5, 5.41) is 0. The summed E-state index contributed by atoms with van der Waals surface area (Å²) in [6.07, 6.45) is 1.97. The number of nitrogens with zero attached hydrogens (tertiary/aromatic N) is 1. The smallest absolute Gasteiger partial charge is 0.117 e. The van der Waals surface area contributed by atoms with E-state index in [1.165, 1.54) is 11.1 Å². The summed E-state index contributed by atoms with van der Waals surface area (Å²) in [6.45, 7) is 4.03. The second kappa shape index (κ2) is 4.76. The Kier molecular flexibility index (Phi) is 3.36. The first-order valence-corrected chi connectivity index (χ1v) is 5.47. The molecule has 86 valence electrons. The molecule has 0 N–H and O–H groups in total. The molecule has 0 fully saturated rings. The summed E-state index contributed by atoms with van der Waals surface area (Å²) in [4.78, 5) is 4.25. The standard InChI is InChI=1S/C13H17NO2/c1-13(10-14-13)12-5-3-11(4-6-12)9-16-8-7-15-2/h3-6,10H,7-9H2,1-2H3. The minimum Gasteiger partial charge on any atom is -0.382 e. The summed E-state index contributed by atoms with van der Waals surface area (Å²) in [7, 11) is 1.68. The number of hydrogen-bond acceptors (Lipinski definition) is 3. The number of aliphatic imine (C=N–C) groups is 1. The Morgan fingerprint density at radius 2 is 1.88 bits per heavy atom. The molecule has 1 aliphatic heterocycles. The van der Waals surface area contributed by atoms with Gasteiger partial charge in [0.25, 0.3) is 0 Å². The summed E-state index contributed by atoms with van der Waals surface area (Å²) in [5.74, 6) is 0. The lowest BCUT2D eigenvalue weighted by molar-refractivity contribution is 0.0616. The van der Waals surface area contributed by atoms with E-state index in [-0.39, 0.29) is 5.54 Å². The van der Waals surface area contributed by atoms with Crippen LogP contribution in [0.5, 0.6) is 0 Å². The molecule has 3 heteroatoms. The largest absolute Gasteiger partial charge is 0.382 e. The average Bonchev–Trinajstić information content (AvgIpc) is 3.05. The highest BCUT2D eigenvalue weighted by molar-refractivity contribution is 5.85. The minimum absolute atomic E-state index is 0.0323. The number of hydrogen-bond donors (Lipinski definition) is 0. The zero-order valence-corrected chi connectivity index (χ0v) is 9.77. The maximum Gasteiger partial charge on any atom is 0.117 e. The predicted molar refractivity (Wildman–Crippen MR) is 63.8 cm³/mol. The van der Waals surface area contributed by atoms with Crippen molar-refractivity contribution >= 4 is 6.21 Å². The van der Waals surface area contributed by atoms with Gasteiger partial charge in [-0.25, -0.2) is 0 Å². The lowest BCUT2D eigenvalue weighted by Gasteiger charge is -2.08. The molecular formula is C13H17NO2. The normalized spacial score (nSPS) is 22.4. The molecule has 1 atom stereocenters. The van der Waals surface area contributed by atoms with Gasteiger partial charge in [-0.1, -0.05) is 24.3 Å². The highest BCUT2D eigenvalue weighted by atomic mass is 16.5. The zero-order chi connectivity index (χ0) is 11.4. The maximum atomic E-state index is 5.44. The lowest BCUT2D eigenvalue weighted by Crippen LogP contribution is -2.05. The first-order chi connectivity index (χ1) is 7.74. The molecule has 3 nitrogen and oxygen atoms in total. The van der Waals surface area contributed by atoms with Gasteiger partial charge in [-0.2, -0.15) is 0 Å². The van der Waals surface area contributed by atoms with Crippen LogP contribution in [0.4, 0.5) is 0 Å². The van der Waals surface area contributed by atoms with Gasteiger partial charge in [0.1, 0.15) is 5.54 Å². The molecule has 0 radical (unpaired) electrons. The molecule has 0 aromatic heterocycles. The third-order valence-electron chi connectivity index (χ3n) is 2.76. The van der Waals surface area contributed by atoms with Gasteiger partial charge in [0.05, 0.1) is 19.8 Å². The van der Waals surface area contributed by atoms with Gasteiger partial charge in [-0.05, 0) is 18.1 Å². The van der Waals surface area contributed by atoms with E-state index in [2.05, 4.69) is 36.2 Å². The van der Waals surface area contributed by atoms with Crippen molar-refractivity contribution < 1.29 is 9.47 Å². The molecule has 2 rings (SSSR count). The van der Waals surface area contributed by atoms with Gasteiger partial charge < -0.3 is 9.47 Å². The van der Waals surface area contributed by atoms with Crippen LogP contribution in [0.3, 0.4) is 0 Å². The summed E-state index contributed by atoms with van der Waals surface area (Å²) in [5.41, 5.74) is 2.40. The van der Waals surface area contributed by atoms with Crippen molar-refractivity contribution in [1.82, 2.24) is 0 Å². The minimum atomic E-state index is -0.0323. The van der Waals surface area contributed by atoms with Crippen molar-refractivity contribution in [2.24, 2.45) is 4.99 Å². The van der Waals surface area contributed by atoms with Gasteiger partial charge in [0.15, 0.2) is 0 Å². The van der Waals surface area contributed by atoms with Gasteiger partial charge in [-0.3, -0.25) is 4.99 Å². The highest BCUT2D eigenvalue weighted by Crippen LogP contribution is 2.32. The van der Waals surface area contributed by atoms with Crippen LogP contribution in [0.1, 0.15) is 18.1 Å². The molecule has 16 heavy (non-hydrogen) atoms. The van der Waals surface area contributed by atoms with Crippen LogP contribution in [0.2, 0.25) is 0 Å². The van der Waals surface area contributed by atoms with Crippen LogP contribution in [0, 0.1) is 0 Å². The number of methoxy groups -OCH3 is 1. The second-order valence-corrected chi connectivity index (χ2v) is 4.15. The molecule has 0 aliphatic carbocycles. The molecule has 0 bridgehead atoms. The second-order valence-electron chi connectivity index (χ2n) is 4.15. The van der Waals surface area contributed by atoms with Crippen LogP contribution < -0.4 is 0 Å². The van der Waals surface area contributed by atoms with Gasteiger partial charge >= 0.3 is 0 Å². The topological polar surface area (TPSA) is 30.8 Å². The lowest BCUT2D eigenvalue weighted by atomic mass is 9.99. The van der Waals surface area contributed by atoms with Gasteiger partial charge in [-0.15, -0.1) is 0 Å². The monoisotopic (exact) mass is 219 g/mol. The third-order valence-corrected chi connectivity index (χ3v) is 2.76. The molecule has 1 aliphatic rings. The molecular weight excluding hydrogens is 202 g/mol. The summed E-state index contributed by atoms with van der Waals surface area (Å²) in [6, 6.07) is 8.41. The van der Waals surface area contributed by atoms with Crippen molar-refractivity contribution in [3.8, 4) is 0 Å². The van der Waals surface area contributed by atoms with Crippen LogP contribution in [0.25, 0.3) is 0 Å². The third kappa shape index (κ3) is 2.68. The number of ether oxygens (including phenoxy) is 2. The first-order valence-electron chi connectivity index (χ1n) is 5.47. The van der Waals surface area contributed by atoms with Crippen LogP contribution in [-0.2, 0) is 21.6 Å². The zero-order valence-electron chi connectivity index (χ0n) is 9.77. The van der Waals surface area contributed by atoms with E-state index < -0.39 is 0 Å². The summed E-state index contributed by atoms with van der Waals surface area (Å²) < 4.78 is 10.4. The molecule has 1 heterocycles. The molecule has 0 saturated carbocycles. The first kappa shape index (κ1) is 11.3. The maximum absolute atomic E-state index is 5.44. The van der Waals surface area contributed by atoms with E-state index in [9.17, 15) is 0 Å². The van der Waals surface area contributed by atoms with Crippen molar-refractivity contribution in [1.29, 1.82) is 0 Å². The van der Waals surface area contributed by atoms with E-state index in [1.807, 2.05) is 6.21 Å². The fraction of sp³-hybridized carbons (Fsp3) is 0.462. The Balaban J connectivity index is 1.83. The Labute approximate surface area is 96.1 Å². The molecule has 1 aromatic rings. The van der Waals surface area contributed by atoms with Crippen molar-refractivity contribution in [3.05, 3.63) is 35.4 Å². The highest BCUT2D eigenvalue weighted by Gasteiger charge is 2.32. The van der Waals surface area contributed by atoms with Crippen molar-refractivity contribution in [3.63, 3.8) is 0 Å². The van der Waals surface area contributed by atoms with E-state index in [1.54, 1.807) is 7.11 Å². The van der Waals surface area contributed by atoms with Crippen LogP contribution >= 0.6 is 0 Å². The SMILES string of the molecule is COCCOCc1ccc(C2(C)C=N2)cc1. The predicted octanol–water partition coefficient (Wildman–Crippen LogP) is 2.15. The van der Waals surface area contributed by atoms with E-state index >= 15 is 0 Å². The summed E-state index contributed by atoms with van der Waals surface area (Å²) >= 11 is 0. The fourth-order valence-corrected chi connectivity index (χ4v) is 1.52. The fourth-order valence-electron chi connectivity index (χ4n) is 1.52. The Morgan fingerprint density at radius 3 is 2.44 bits per heavy atom. The van der Waals surface area contributed by atoms with E-state index in [0.29, 0.717) is 19.8 Å². The van der Waals surface area contributed by atoms with Crippen molar-refractivity contribution in [2.75, 3.05) is 20.3 Å². The van der Waals surface area contributed by atoms with Crippen LogP contribution in [-0.4, -0.2) is 26.5 Å². The number of benzene rings is 1. The molecule has 0 amide bonds.